The topological polar surface area (TPSA) is 52.9 Å². The summed E-state index contributed by atoms with van der Waals surface area (Å²) in [5.41, 5.74) is -1.07. The first kappa shape index (κ1) is 13.5. The second-order valence-electron chi connectivity index (χ2n) is 3.03. The van der Waals surface area contributed by atoms with Crippen LogP contribution in [0.5, 0.6) is 0 Å². The molecule has 17 heavy (non-hydrogen) atoms. The zero-order valence-electron chi connectivity index (χ0n) is 8.31. The summed E-state index contributed by atoms with van der Waals surface area (Å²) in [6, 6.07) is 4.78. The molecule has 0 saturated heterocycles. The minimum atomic E-state index is -4.54. The summed E-state index contributed by atoms with van der Waals surface area (Å²) in [5.74, 6) is -0.718. The van der Waals surface area contributed by atoms with Crippen LogP contribution in [0.3, 0.4) is 0 Å². The maximum atomic E-state index is 12.5. The Balaban J connectivity index is 3.05. The second-order valence-corrected chi connectivity index (χ2v) is 3.89. The molecular formula is C10H6BrF3N2O. The molecule has 0 aliphatic heterocycles. The monoisotopic (exact) mass is 306 g/mol. The standard InChI is InChI=1S/C10H6BrF3N2O/c11-8-2-1-6(9(17)16-4-3-15)5-7(8)10(12,13)14/h1-2,5H,4H2,(H,16,17). The number of rotatable bonds is 2. The average Bonchev–Trinajstić information content (AvgIpc) is 2.25. The van der Waals surface area contributed by atoms with Crippen molar-refractivity contribution in [2.24, 2.45) is 0 Å². The predicted molar refractivity (Wildman–Crippen MR) is 57.1 cm³/mol. The lowest BCUT2D eigenvalue weighted by Gasteiger charge is -2.10. The van der Waals surface area contributed by atoms with Gasteiger partial charge in [-0.05, 0) is 18.2 Å². The van der Waals surface area contributed by atoms with Gasteiger partial charge in [-0.3, -0.25) is 4.79 Å². The van der Waals surface area contributed by atoms with E-state index in [0.29, 0.717) is 0 Å². The van der Waals surface area contributed by atoms with Crippen molar-refractivity contribution in [3.63, 3.8) is 0 Å². The minimum absolute atomic E-state index is 0.137. The van der Waals surface area contributed by atoms with Gasteiger partial charge in [0, 0.05) is 10.0 Å². The van der Waals surface area contributed by atoms with Gasteiger partial charge in [0.2, 0.25) is 0 Å². The Morgan fingerprint density at radius 1 is 1.47 bits per heavy atom. The summed E-state index contributed by atoms with van der Waals surface area (Å²) in [6.45, 7) is -0.254. The Bertz CT molecular complexity index is 479. The third kappa shape index (κ3) is 3.46. The van der Waals surface area contributed by atoms with Crippen LogP contribution in [0.25, 0.3) is 0 Å². The van der Waals surface area contributed by atoms with Gasteiger partial charge in [-0.2, -0.15) is 18.4 Å². The van der Waals surface area contributed by atoms with Crippen LogP contribution in [0, 0.1) is 11.3 Å². The molecule has 1 rings (SSSR count). The van der Waals surface area contributed by atoms with Crippen molar-refractivity contribution in [1.82, 2.24) is 5.32 Å². The molecule has 0 aliphatic carbocycles. The molecular weight excluding hydrogens is 301 g/mol. The zero-order valence-corrected chi connectivity index (χ0v) is 9.89. The number of alkyl halides is 3. The van der Waals surface area contributed by atoms with Crippen molar-refractivity contribution in [2.75, 3.05) is 6.54 Å². The van der Waals surface area contributed by atoms with Gasteiger partial charge in [0.25, 0.3) is 5.91 Å². The van der Waals surface area contributed by atoms with E-state index in [1.165, 1.54) is 6.07 Å². The maximum Gasteiger partial charge on any atom is 0.417 e. The second kappa shape index (κ2) is 5.19. The molecule has 0 aliphatic rings. The van der Waals surface area contributed by atoms with Crippen LogP contribution in [0.4, 0.5) is 13.2 Å². The van der Waals surface area contributed by atoms with Crippen molar-refractivity contribution in [2.45, 2.75) is 6.18 Å². The van der Waals surface area contributed by atoms with Crippen LogP contribution in [-0.4, -0.2) is 12.5 Å². The zero-order chi connectivity index (χ0) is 13.1. The number of carbonyl (C=O) groups excluding carboxylic acids is 1. The first-order chi connectivity index (χ1) is 7.86. The van der Waals surface area contributed by atoms with Gasteiger partial charge in [0.15, 0.2) is 0 Å². The minimum Gasteiger partial charge on any atom is -0.339 e. The molecule has 0 aromatic heterocycles. The van der Waals surface area contributed by atoms with E-state index >= 15 is 0 Å². The van der Waals surface area contributed by atoms with Crippen LogP contribution in [0.15, 0.2) is 22.7 Å². The van der Waals surface area contributed by atoms with E-state index in [9.17, 15) is 18.0 Å². The lowest BCUT2D eigenvalue weighted by atomic mass is 10.1. The fourth-order valence-corrected chi connectivity index (χ4v) is 1.58. The number of amides is 1. The molecule has 0 atom stereocenters. The Hall–Kier alpha value is -1.55. The van der Waals surface area contributed by atoms with E-state index in [-0.39, 0.29) is 16.6 Å². The third-order valence-corrected chi connectivity index (χ3v) is 2.55. The molecule has 1 amide bonds. The van der Waals surface area contributed by atoms with Gasteiger partial charge in [-0.15, -0.1) is 0 Å². The Morgan fingerprint density at radius 2 is 2.12 bits per heavy atom. The number of nitriles is 1. The maximum absolute atomic E-state index is 12.5. The van der Waals surface area contributed by atoms with E-state index in [0.717, 1.165) is 12.1 Å². The predicted octanol–water partition coefficient (Wildman–Crippen LogP) is 2.72. The molecule has 0 spiro atoms. The number of hydrogen-bond donors (Lipinski definition) is 1. The van der Waals surface area contributed by atoms with Gasteiger partial charge < -0.3 is 5.32 Å². The molecule has 1 aromatic carbocycles. The average molecular weight is 307 g/mol. The molecule has 1 aromatic rings. The summed E-state index contributed by atoms with van der Waals surface area (Å²) >= 11 is 2.76. The largest absolute Gasteiger partial charge is 0.417 e. The first-order valence-corrected chi connectivity index (χ1v) is 5.17. The van der Waals surface area contributed by atoms with Crippen LogP contribution < -0.4 is 5.32 Å². The molecule has 0 radical (unpaired) electrons. The SMILES string of the molecule is N#CCNC(=O)c1ccc(Br)c(C(F)(F)F)c1. The molecule has 7 heteroatoms. The molecule has 0 fully saturated rings. The lowest BCUT2D eigenvalue weighted by molar-refractivity contribution is -0.138. The van der Waals surface area contributed by atoms with Gasteiger partial charge in [-0.25, -0.2) is 0 Å². The summed E-state index contributed by atoms with van der Waals surface area (Å²) < 4.78 is 37.5. The highest BCUT2D eigenvalue weighted by Crippen LogP contribution is 2.35. The Labute approximate surface area is 103 Å². The smallest absolute Gasteiger partial charge is 0.339 e. The van der Waals surface area contributed by atoms with Crippen molar-refractivity contribution >= 4 is 21.8 Å². The van der Waals surface area contributed by atoms with E-state index < -0.39 is 17.6 Å². The summed E-state index contributed by atoms with van der Waals surface area (Å²) in [7, 11) is 0. The van der Waals surface area contributed by atoms with Crippen LogP contribution in [0.1, 0.15) is 15.9 Å². The molecule has 0 saturated carbocycles. The van der Waals surface area contributed by atoms with E-state index in [1.807, 2.05) is 0 Å². The molecule has 0 heterocycles. The number of hydrogen-bond acceptors (Lipinski definition) is 2. The van der Waals surface area contributed by atoms with Gasteiger partial charge in [0.1, 0.15) is 6.54 Å². The van der Waals surface area contributed by atoms with E-state index in [4.69, 9.17) is 5.26 Å². The fraction of sp³-hybridized carbons (Fsp3) is 0.200. The van der Waals surface area contributed by atoms with Gasteiger partial charge >= 0.3 is 6.18 Å². The van der Waals surface area contributed by atoms with Crippen molar-refractivity contribution in [3.05, 3.63) is 33.8 Å². The Kier molecular flexibility index (Phi) is 4.12. The summed E-state index contributed by atoms with van der Waals surface area (Å²) in [6.07, 6.45) is -4.54. The van der Waals surface area contributed by atoms with Crippen LogP contribution in [-0.2, 0) is 6.18 Å². The van der Waals surface area contributed by atoms with Crippen LogP contribution in [0.2, 0.25) is 0 Å². The number of halogens is 4. The lowest BCUT2D eigenvalue weighted by Crippen LogP contribution is -2.24. The number of nitrogens with one attached hydrogen (secondary N) is 1. The van der Waals surface area contributed by atoms with E-state index in [2.05, 4.69) is 21.2 Å². The summed E-state index contributed by atoms with van der Waals surface area (Å²) in [5, 5.41) is 10.4. The normalized spacial score (nSPS) is 10.8. The highest BCUT2D eigenvalue weighted by molar-refractivity contribution is 9.10. The number of benzene rings is 1. The van der Waals surface area contributed by atoms with Crippen molar-refractivity contribution in [3.8, 4) is 6.07 Å². The number of nitrogens with zero attached hydrogens (tertiary/aromatic N) is 1. The van der Waals surface area contributed by atoms with Gasteiger partial charge in [0.05, 0.1) is 11.6 Å². The quantitative estimate of drug-likeness (QED) is 0.854. The van der Waals surface area contributed by atoms with Crippen molar-refractivity contribution < 1.29 is 18.0 Å². The van der Waals surface area contributed by atoms with Gasteiger partial charge in [-0.1, -0.05) is 15.9 Å². The number of carbonyl (C=O) groups is 1. The molecule has 90 valence electrons. The molecule has 0 bridgehead atoms. The highest BCUT2D eigenvalue weighted by atomic mass is 79.9. The summed E-state index contributed by atoms with van der Waals surface area (Å²) in [4.78, 5) is 11.3. The highest BCUT2D eigenvalue weighted by Gasteiger charge is 2.33. The molecule has 3 nitrogen and oxygen atoms in total. The first-order valence-electron chi connectivity index (χ1n) is 4.38. The van der Waals surface area contributed by atoms with Crippen LogP contribution >= 0.6 is 15.9 Å². The third-order valence-electron chi connectivity index (χ3n) is 1.86. The molecule has 0 unspecified atom stereocenters. The fourth-order valence-electron chi connectivity index (χ4n) is 1.11. The molecule has 1 N–H and O–H groups in total. The Morgan fingerprint density at radius 3 is 2.65 bits per heavy atom. The van der Waals surface area contributed by atoms with Crippen molar-refractivity contribution in [1.29, 1.82) is 5.26 Å². The van der Waals surface area contributed by atoms with E-state index in [1.54, 1.807) is 6.07 Å².